The van der Waals surface area contributed by atoms with Gasteiger partial charge in [-0.2, -0.15) is 0 Å². The molecule has 0 saturated carbocycles. The Kier molecular flexibility index (Phi) is 6.35. The van der Waals surface area contributed by atoms with E-state index in [1.165, 1.54) is 22.8 Å². The summed E-state index contributed by atoms with van der Waals surface area (Å²) in [5.74, 6) is -0.828. The minimum Gasteiger partial charge on any atom is -0.390 e. The lowest BCUT2D eigenvalue weighted by atomic mass is 10.0. The second kappa shape index (κ2) is 9.17. The number of aryl methyl sites for hydroxylation is 1. The summed E-state index contributed by atoms with van der Waals surface area (Å²) in [7, 11) is 0. The van der Waals surface area contributed by atoms with E-state index in [0.717, 1.165) is 18.3 Å². The SMILES string of the molecule is Cc1ncc(CN[C@H]2CCN(CCn3c(=O)ccc4ncc(F)cc43)C[C@H]2O)cc1F. The van der Waals surface area contributed by atoms with Crippen molar-refractivity contribution in [3.63, 3.8) is 0 Å². The van der Waals surface area contributed by atoms with Gasteiger partial charge in [-0.05, 0) is 37.6 Å². The molecule has 4 rings (SSSR count). The fourth-order valence-electron chi connectivity index (χ4n) is 3.94. The summed E-state index contributed by atoms with van der Waals surface area (Å²) in [6.45, 7) is 4.15. The predicted octanol–water partition coefficient (Wildman–Crippen LogP) is 1.60. The average Bonchev–Trinajstić information content (AvgIpc) is 2.74. The number of halogens is 2. The lowest BCUT2D eigenvalue weighted by Gasteiger charge is -2.36. The maximum absolute atomic E-state index is 13.7. The van der Waals surface area contributed by atoms with Crippen LogP contribution in [-0.4, -0.2) is 56.3 Å². The first-order valence-electron chi connectivity index (χ1n) is 10.3. The Balaban J connectivity index is 1.34. The van der Waals surface area contributed by atoms with Crippen LogP contribution in [0.25, 0.3) is 11.0 Å². The highest BCUT2D eigenvalue weighted by Gasteiger charge is 2.27. The van der Waals surface area contributed by atoms with Crippen LogP contribution in [-0.2, 0) is 13.1 Å². The van der Waals surface area contributed by atoms with Gasteiger partial charge in [0.15, 0.2) is 0 Å². The summed E-state index contributed by atoms with van der Waals surface area (Å²) in [6, 6.07) is 5.68. The van der Waals surface area contributed by atoms with E-state index in [1.54, 1.807) is 19.2 Å². The molecule has 0 radical (unpaired) electrons. The predicted molar refractivity (Wildman–Crippen MR) is 113 cm³/mol. The monoisotopic (exact) mass is 429 g/mol. The molecule has 1 aliphatic heterocycles. The summed E-state index contributed by atoms with van der Waals surface area (Å²) in [4.78, 5) is 22.4. The highest BCUT2D eigenvalue weighted by Crippen LogP contribution is 2.15. The van der Waals surface area contributed by atoms with Gasteiger partial charge in [-0.15, -0.1) is 0 Å². The van der Waals surface area contributed by atoms with E-state index >= 15 is 0 Å². The van der Waals surface area contributed by atoms with Gasteiger partial charge in [-0.1, -0.05) is 0 Å². The topological polar surface area (TPSA) is 83.3 Å². The van der Waals surface area contributed by atoms with Crippen LogP contribution < -0.4 is 10.9 Å². The molecule has 0 aromatic carbocycles. The van der Waals surface area contributed by atoms with Gasteiger partial charge >= 0.3 is 0 Å². The fraction of sp³-hybridized carbons (Fsp3) is 0.409. The summed E-state index contributed by atoms with van der Waals surface area (Å²) >= 11 is 0. The Bertz CT molecular complexity index is 1140. The van der Waals surface area contributed by atoms with Crippen molar-refractivity contribution in [1.82, 2.24) is 24.8 Å². The number of fused-ring (bicyclic) bond motifs is 1. The zero-order chi connectivity index (χ0) is 22.0. The van der Waals surface area contributed by atoms with Gasteiger partial charge in [0, 0.05) is 50.6 Å². The van der Waals surface area contributed by atoms with Gasteiger partial charge in [0.25, 0.3) is 5.56 Å². The number of aromatic nitrogens is 3. The molecule has 3 aromatic heterocycles. The van der Waals surface area contributed by atoms with Crippen molar-refractivity contribution < 1.29 is 13.9 Å². The smallest absolute Gasteiger partial charge is 0.251 e. The molecule has 1 saturated heterocycles. The van der Waals surface area contributed by atoms with Crippen molar-refractivity contribution >= 4 is 11.0 Å². The van der Waals surface area contributed by atoms with E-state index in [1.807, 2.05) is 0 Å². The standard InChI is InChI=1S/C22H25F2N5O2/c1-14-17(24)8-15(10-25-14)11-26-19-4-5-28(13-21(19)30)6-7-29-20-9-16(23)12-27-18(20)2-3-22(29)31/h2-3,8-10,12,19,21,26,30H,4-7,11,13H2,1H3/t19-,21+/m0/s1. The highest BCUT2D eigenvalue weighted by molar-refractivity contribution is 5.74. The molecule has 1 aliphatic rings. The number of rotatable bonds is 6. The maximum atomic E-state index is 13.7. The van der Waals surface area contributed by atoms with E-state index in [9.17, 15) is 18.7 Å². The first kappa shape index (κ1) is 21.5. The Morgan fingerprint density at radius 3 is 2.81 bits per heavy atom. The Hall–Kier alpha value is -2.75. The lowest BCUT2D eigenvalue weighted by Crippen LogP contribution is -2.53. The van der Waals surface area contributed by atoms with Crippen LogP contribution in [0, 0.1) is 18.6 Å². The molecular formula is C22H25F2N5O2. The zero-order valence-corrected chi connectivity index (χ0v) is 17.3. The van der Waals surface area contributed by atoms with Crippen LogP contribution in [0.5, 0.6) is 0 Å². The largest absolute Gasteiger partial charge is 0.390 e. The average molecular weight is 429 g/mol. The molecule has 2 atom stereocenters. The van der Waals surface area contributed by atoms with E-state index in [4.69, 9.17) is 0 Å². The van der Waals surface area contributed by atoms with Crippen molar-refractivity contribution in [2.75, 3.05) is 19.6 Å². The van der Waals surface area contributed by atoms with Gasteiger partial charge < -0.3 is 15.0 Å². The van der Waals surface area contributed by atoms with Crippen LogP contribution in [0.1, 0.15) is 17.7 Å². The quantitative estimate of drug-likeness (QED) is 0.620. The molecule has 31 heavy (non-hydrogen) atoms. The number of hydrogen-bond acceptors (Lipinski definition) is 6. The molecule has 0 bridgehead atoms. The molecule has 0 spiro atoms. The van der Waals surface area contributed by atoms with Crippen molar-refractivity contribution in [3.8, 4) is 0 Å². The molecule has 1 fully saturated rings. The summed E-state index contributed by atoms with van der Waals surface area (Å²) in [6.07, 6.45) is 2.88. The number of aliphatic hydroxyl groups is 1. The third-order valence-corrected chi connectivity index (χ3v) is 5.76. The zero-order valence-electron chi connectivity index (χ0n) is 17.3. The normalized spacial score (nSPS) is 19.7. The van der Waals surface area contributed by atoms with E-state index < -0.39 is 11.9 Å². The molecule has 4 heterocycles. The Morgan fingerprint density at radius 1 is 1.19 bits per heavy atom. The number of piperidine rings is 1. The van der Waals surface area contributed by atoms with Crippen LogP contribution in [0.3, 0.4) is 0 Å². The number of aliphatic hydroxyl groups excluding tert-OH is 1. The molecular weight excluding hydrogens is 404 g/mol. The summed E-state index contributed by atoms with van der Waals surface area (Å²) in [5, 5.41) is 13.8. The lowest BCUT2D eigenvalue weighted by molar-refractivity contribution is 0.0385. The van der Waals surface area contributed by atoms with Gasteiger partial charge in [-0.25, -0.2) is 8.78 Å². The number of β-amino-alcohol motifs (C(OH)–C–C–N with tert-alkyl or cyclic N) is 1. The molecule has 0 amide bonds. The molecule has 0 unspecified atom stereocenters. The van der Waals surface area contributed by atoms with Crippen LogP contribution in [0.15, 0.2) is 41.5 Å². The second-order valence-electron chi connectivity index (χ2n) is 7.94. The minimum absolute atomic E-state index is 0.112. The summed E-state index contributed by atoms with van der Waals surface area (Å²) in [5.41, 5.74) is 1.90. The van der Waals surface area contributed by atoms with Gasteiger partial charge in [-0.3, -0.25) is 19.7 Å². The number of nitrogens with one attached hydrogen (secondary N) is 1. The number of likely N-dealkylation sites (tertiary alicyclic amines) is 1. The van der Waals surface area contributed by atoms with Crippen molar-refractivity contribution in [3.05, 3.63) is 69.9 Å². The number of pyridine rings is 3. The van der Waals surface area contributed by atoms with Gasteiger partial charge in [0.1, 0.15) is 11.6 Å². The molecule has 7 nitrogen and oxygen atoms in total. The Labute approximate surface area is 178 Å². The van der Waals surface area contributed by atoms with Crippen LogP contribution >= 0.6 is 0 Å². The second-order valence-corrected chi connectivity index (χ2v) is 7.94. The van der Waals surface area contributed by atoms with E-state index in [2.05, 4.69) is 20.2 Å². The van der Waals surface area contributed by atoms with Crippen LogP contribution in [0.2, 0.25) is 0 Å². The molecule has 3 aromatic rings. The van der Waals surface area contributed by atoms with Crippen molar-refractivity contribution in [2.45, 2.75) is 38.6 Å². The Morgan fingerprint density at radius 2 is 2.03 bits per heavy atom. The fourth-order valence-corrected chi connectivity index (χ4v) is 3.94. The molecule has 9 heteroatoms. The first-order valence-corrected chi connectivity index (χ1v) is 10.3. The van der Waals surface area contributed by atoms with E-state index in [-0.39, 0.29) is 17.4 Å². The third kappa shape index (κ3) is 4.95. The van der Waals surface area contributed by atoms with E-state index in [0.29, 0.717) is 49.3 Å². The molecule has 164 valence electrons. The van der Waals surface area contributed by atoms with Crippen molar-refractivity contribution in [2.24, 2.45) is 0 Å². The molecule has 2 N–H and O–H groups in total. The highest BCUT2D eigenvalue weighted by atomic mass is 19.1. The third-order valence-electron chi connectivity index (χ3n) is 5.76. The van der Waals surface area contributed by atoms with Gasteiger partial charge in [0.2, 0.25) is 0 Å². The molecule has 0 aliphatic carbocycles. The minimum atomic E-state index is -0.597. The summed E-state index contributed by atoms with van der Waals surface area (Å²) < 4.78 is 28.8. The first-order chi connectivity index (χ1) is 14.9. The van der Waals surface area contributed by atoms with Gasteiger partial charge in [0.05, 0.1) is 29.0 Å². The number of hydrogen-bond donors (Lipinski definition) is 2. The van der Waals surface area contributed by atoms with Crippen molar-refractivity contribution in [1.29, 1.82) is 0 Å². The maximum Gasteiger partial charge on any atom is 0.251 e. The number of nitrogens with zero attached hydrogens (tertiary/aromatic N) is 4. The van der Waals surface area contributed by atoms with Crippen LogP contribution in [0.4, 0.5) is 8.78 Å².